The molecule has 6 nitrogen and oxygen atoms in total. The van der Waals surface area contributed by atoms with Gasteiger partial charge in [-0.15, -0.1) is 0 Å². The van der Waals surface area contributed by atoms with Gasteiger partial charge in [-0.25, -0.2) is 0 Å². The van der Waals surface area contributed by atoms with Gasteiger partial charge in [0.2, 0.25) is 5.91 Å². The van der Waals surface area contributed by atoms with Crippen LogP contribution < -0.4 is 0 Å². The topological polar surface area (TPSA) is 64.4 Å². The number of amides is 1. The lowest BCUT2D eigenvalue weighted by atomic mass is 9.93. The van der Waals surface area contributed by atoms with E-state index < -0.39 is 0 Å². The van der Waals surface area contributed by atoms with E-state index in [0.29, 0.717) is 6.61 Å². The van der Waals surface area contributed by atoms with Gasteiger partial charge in [-0.05, 0) is 37.7 Å². The third-order valence-electron chi connectivity index (χ3n) is 5.16. The molecule has 0 bridgehead atoms. The van der Waals surface area contributed by atoms with Gasteiger partial charge < -0.3 is 9.64 Å². The normalized spacial score (nSPS) is 23.8. The quantitative estimate of drug-likeness (QED) is 0.749. The van der Waals surface area contributed by atoms with Crippen molar-refractivity contribution in [3.8, 4) is 0 Å². The van der Waals surface area contributed by atoms with Crippen LogP contribution in [0.5, 0.6) is 0 Å². The van der Waals surface area contributed by atoms with E-state index in [-0.39, 0.29) is 36.3 Å². The predicted octanol–water partition coefficient (Wildman–Crippen LogP) is 2.25. The minimum Gasteiger partial charge on any atom is -0.465 e. The molecule has 0 aliphatic heterocycles. The molecule has 0 spiro atoms. The smallest absolute Gasteiger partial charge is 0.325 e. The summed E-state index contributed by atoms with van der Waals surface area (Å²) in [6, 6.07) is 0.186. The highest BCUT2D eigenvalue weighted by atomic mass is 16.5. The Hall–Kier alpha value is -1.85. The van der Waals surface area contributed by atoms with Crippen molar-refractivity contribution in [2.75, 3.05) is 13.2 Å². The van der Waals surface area contributed by atoms with Crippen molar-refractivity contribution in [1.29, 1.82) is 0 Å². The first-order valence-electron chi connectivity index (χ1n) is 9.04. The first kappa shape index (κ1) is 17.0. The van der Waals surface area contributed by atoms with Gasteiger partial charge in [0.15, 0.2) is 0 Å². The number of aryl methyl sites for hydroxylation is 1. The zero-order chi connectivity index (χ0) is 17.1. The molecule has 1 heterocycles. The van der Waals surface area contributed by atoms with Crippen molar-refractivity contribution in [3.05, 3.63) is 18.0 Å². The van der Waals surface area contributed by atoms with E-state index in [1.165, 1.54) is 6.42 Å². The number of carbonyl (C=O) groups excluding carboxylic acids is 2. The number of hydrogen-bond acceptors (Lipinski definition) is 4. The number of ether oxygens (including phenoxy) is 1. The fourth-order valence-corrected chi connectivity index (χ4v) is 3.81. The SMILES string of the molecule is CCOC(=O)CN(C(=O)[C@H]1C[C@H]1c1cnn(C)c1)C1CCCCC1. The second-order valence-electron chi connectivity index (χ2n) is 6.96. The monoisotopic (exact) mass is 333 g/mol. The van der Waals surface area contributed by atoms with Crippen molar-refractivity contribution >= 4 is 11.9 Å². The molecule has 1 aromatic rings. The van der Waals surface area contributed by atoms with Gasteiger partial charge in [0.1, 0.15) is 6.54 Å². The third kappa shape index (κ3) is 3.79. The van der Waals surface area contributed by atoms with Crippen LogP contribution in [0.4, 0.5) is 0 Å². The van der Waals surface area contributed by atoms with Crippen LogP contribution >= 0.6 is 0 Å². The van der Waals surface area contributed by atoms with E-state index in [1.54, 1.807) is 16.5 Å². The van der Waals surface area contributed by atoms with Crippen LogP contribution in [-0.2, 0) is 21.4 Å². The average molecular weight is 333 g/mol. The van der Waals surface area contributed by atoms with E-state index in [4.69, 9.17) is 4.74 Å². The number of esters is 1. The maximum atomic E-state index is 13.0. The van der Waals surface area contributed by atoms with E-state index in [0.717, 1.165) is 37.7 Å². The summed E-state index contributed by atoms with van der Waals surface area (Å²) in [6.07, 6.45) is 10.2. The molecule has 0 aromatic carbocycles. The molecule has 132 valence electrons. The molecule has 6 heteroatoms. The Bertz CT molecular complexity index is 592. The molecule has 2 atom stereocenters. The molecule has 0 radical (unpaired) electrons. The van der Waals surface area contributed by atoms with Gasteiger partial charge in [-0.3, -0.25) is 14.3 Å². The van der Waals surface area contributed by atoms with Crippen LogP contribution in [0.2, 0.25) is 0 Å². The molecule has 2 saturated carbocycles. The molecule has 0 unspecified atom stereocenters. The highest BCUT2D eigenvalue weighted by Gasteiger charge is 2.47. The number of hydrogen-bond donors (Lipinski definition) is 0. The fourth-order valence-electron chi connectivity index (χ4n) is 3.81. The Balaban J connectivity index is 1.67. The number of nitrogens with zero attached hydrogens (tertiary/aromatic N) is 3. The standard InChI is InChI=1S/C18H27N3O3/c1-3-24-17(22)12-21(14-7-5-4-6-8-14)18(23)16-9-15(16)13-10-19-20(2)11-13/h10-11,14-16H,3-9,12H2,1-2H3/t15-,16-/m0/s1. The van der Waals surface area contributed by atoms with Crippen molar-refractivity contribution in [2.45, 2.75) is 57.4 Å². The summed E-state index contributed by atoms with van der Waals surface area (Å²) in [5.74, 6) is 0.0591. The van der Waals surface area contributed by atoms with Crippen molar-refractivity contribution in [2.24, 2.45) is 13.0 Å². The summed E-state index contributed by atoms with van der Waals surface area (Å²) in [7, 11) is 1.89. The third-order valence-corrected chi connectivity index (χ3v) is 5.16. The van der Waals surface area contributed by atoms with Gasteiger partial charge >= 0.3 is 5.97 Å². The summed E-state index contributed by atoms with van der Waals surface area (Å²) in [5.41, 5.74) is 1.12. The Morgan fingerprint density at radius 3 is 2.71 bits per heavy atom. The van der Waals surface area contributed by atoms with E-state index >= 15 is 0 Å². The predicted molar refractivity (Wildman–Crippen MR) is 89.3 cm³/mol. The second-order valence-corrected chi connectivity index (χ2v) is 6.96. The first-order valence-corrected chi connectivity index (χ1v) is 9.04. The lowest BCUT2D eigenvalue weighted by molar-refractivity contribution is -0.151. The van der Waals surface area contributed by atoms with Gasteiger partial charge in [0.05, 0.1) is 12.8 Å². The van der Waals surface area contributed by atoms with Gasteiger partial charge in [0.25, 0.3) is 0 Å². The van der Waals surface area contributed by atoms with Crippen molar-refractivity contribution in [3.63, 3.8) is 0 Å². The van der Waals surface area contributed by atoms with Gasteiger partial charge in [-0.1, -0.05) is 19.3 Å². The Labute approximate surface area is 143 Å². The zero-order valence-electron chi connectivity index (χ0n) is 14.6. The Morgan fingerprint density at radius 2 is 2.08 bits per heavy atom. The number of carbonyl (C=O) groups is 2. The molecule has 2 aliphatic carbocycles. The highest BCUT2D eigenvalue weighted by Crippen LogP contribution is 2.48. The summed E-state index contributed by atoms with van der Waals surface area (Å²) in [5, 5.41) is 4.20. The summed E-state index contributed by atoms with van der Waals surface area (Å²) in [6.45, 7) is 2.24. The van der Waals surface area contributed by atoms with Crippen LogP contribution in [0.15, 0.2) is 12.4 Å². The highest BCUT2D eigenvalue weighted by molar-refractivity contribution is 5.86. The van der Waals surface area contributed by atoms with Gasteiger partial charge in [-0.2, -0.15) is 5.10 Å². The van der Waals surface area contributed by atoms with Crippen LogP contribution in [0.25, 0.3) is 0 Å². The molecule has 3 rings (SSSR count). The maximum Gasteiger partial charge on any atom is 0.325 e. The van der Waals surface area contributed by atoms with Crippen molar-refractivity contribution < 1.29 is 14.3 Å². The van der Waals surface area contributed by atoms with Crippen LogP contribution in [0, 0.1) is 5.92 Å². The molecule has 0 N–H and O–H groups in total. The molecule has 2 fully saturated rings. The lowest BCUT2D eigenvalue weighted by Gasteiger charge is -2.34. The molecular weight excluding hydrogens is 306 g/mol. The fraction of sp³-hybridized carbons (Fsp3) is 0.722. The van der Waals surface area contributed by atoms with E-state index in [9.17, 15) is 9.59 Å². The Morgan fingerprint density at radius 1 is 1.33 bits per heavy atom. The van der Waals surface area contributed by atoms with Crippen molar-refractivity contribution in [1.82, 2.24) is 14.7 Å². The molecule has 2 aliphatic rings. The summed E-state index contributed by atoms with van der Waals surface area (Å²) in [4.78, 5) is 26.8. The summed E-state index contributed by atoms with van der Waals surface area (Å²) >= 11 is 0. The zero-order valence-corrected chi connectivity index (χ0v) is 14.6. The Kier molecular flexibility index (Phi) is 5.21. The minimum atomic E-state index is -0.296. The molecule has 1 amide bonds. The van der Waals surface area contributed by atoms with E-state index in [2.05, 4.69) is 5.10 Å². The van der Waals surface area contributed by atoms with Gasteiger partial charge in [0, 0.05) is 25.2 Å². The lowest BCUT2D eigenvalue weighted by Crippen LogP contribution is -2.45. The molecule has 0 saturated heterocycles. The minimum absolute atomic E-state index is 0.00875. The maximum absolute atomic E-state index is 13.0. The summed E-state index contributed by atoms with van der Waals surface area (Å²) < 4.78 is 6.85. The van der Waals surface area contributed by atoms with Crippen LogP contribution in [0.1, 0.15) is 56.9 Å². The van der Waals surface area contributed by atoms with Crippen LogP contribution in [-0.4, -0.2) is 45.8 Å². The molecular formula is C18H27N3O3. The molecule has 1 aromatic heterocycles. The number of rotatable bonds is 6. The largest absolute Gasteiger partial charge is 0.465 e. The molecule has 24 heavy (non-hydrogen) atoms. The van der Waals surface area contributed by atoms with E-state index in [1.807, 2.05) is 19.4 Å². The van der Waals surface area contributed by atoms with Crippen LogP contribution in [0.3, 0.4) is 0 Å². The first-order chi connectivity index (χ1) is 11.6. The number of aromatic nitrogens is 2. The second kappa shape index (κ2) is 7.36. The average Bonchev–Trinajstić information content (AvgIpc) is 3.27.